The zero-order valence-corrected chi connectivity index (χ0v) is 14.4. The van der Waals surface area contributed by atoms with Crippen molar-refractivity contribution in [1.29, 1.82) is 0 Å². The third-order valence-corrected chi connectivity index (χ3v) is 4.13. The molecule has 0 atom stereocenters. The monoisotopic (exact) mass is 339 g/mol. The van der Waals surface area contributed by atoms with Gasteiger partial charge in [-0.05, 0) is 67.6 Å². The number of rotatable bonds is 8. The number of halogens is 1. The number of hydrogen-bond acceptors (Lipinski definition) is 3. The van der Waals surface area contributed by atoms with Gasteiger partial charge in [0.1, 0.15) is 5.82 Å². The van der Waals surface area contributed by atoms with Crippen LogP contribution < -0.4 is 10.2 Å². The highest BCUT2D eigenvalue weighted by atomic mass is 79.9. The average Bonchev–Trinajstić information content (AvgIpc) is 3.21. The number of aromatic nitrogens is 1. The Morgan fingerprint density at radius 1 is 1.45 bits per heavy atom. The maximum Gasteiger partial charge on any atom is 0.133 e. The van der Waals surface area contributed by atoms with Crippen LogP contribution in [0.2, 0.25) is 0 Å². The molecule has 0 saturated heterocycles. The van der Waals surface area contributed by atoms with Crippen molar-refractivity contribution in [3.8, 4) is 0 Å². The molecule has 2 rings (SSSR count). The second-order valence-electron chi connectivity index (χ2n) is 6.00. The summed E-state index contributed by atoms with van der Waals surface area (Å²) in [5, 5.41) is 3.49. The van der Waals surface area contributed by atoms with Gasteiger partial charge in [-0.1, -0.05) is 6.92 Å². The molecule has 0 aromatic carbocycles. The van der Waals surface area contributed by atoms with E-state index in [1.807, 2.05) is 6.20 Å². The van der Waals surface area contributed by atoms with Crippen LogP contribution in [-0.2, 0) is 6.54 Å². The van der Waals surface area contributed by atoms with Gasteiger partial charge in [-0.25, -0.2) is 4.98 Å². The van der Waals surface area contributed by atoms with E-state index < -0.39 is 0 Å². The minimum absolute atomic E-state index is 0.495. The van der Waals surface area contributed by atoms with Crippen molar-refractivity contribution >= 4 is 21.7 Å². The molecule has 1 aliphatic rings. The van der Waals surface area contributed by atoms with E-state index in [2.05, 4.69) is 53.0 Å². The molecule has 0 bridgehead atoms. The molecule has 1 aliphatic carbocycles. The van der Waals surface area contributed by atoms with Gasteiger partial charge in [0.15, 0.2) is 0 Å². The highest BCUT2D eigenvalue weighted by Crippen LogP contribution is 2.33. The Hall–Kier alpha value is -0.610. The first-order valence-corrected chi connectivity index (χ1v) is 8.53. The van der Waals surface area contributed by atoms with Crippen LogP contribution in [0.25, 0.3) is 0 Å². The predicted octanol–water partition coefficient (Wildman–Crippen LogP) is 3.97. The van der Waals surface area contributed by atoms with E-state index in [9.17, 15) is 0 Å². The lowest BCUT2D eigenvalue weighted by Gasteiger charge is -2.30. The molecule has 0 unspecified atom stereocenters. The molecule has 0 aliphatic heterocycles. The van der Waals surface area contributed by atoms with E-state index in [0.29, 0.717) is 6.04 Å². The lowest BCUT2D eigenvalue weighted by Crippen LogP contribution is -2.34. The normalized spacial score (nSPS) is 14.8. The second-order valence-corrected chi connectivity index (χ2v) is 6.92. The van der Waals surface area contributed by atoms with Crippen LogP contribution in [0.3, 0.4) is 0 Å². The van der Waals surface area contributed by atoms with Crippen LogP contribution in [0.15, 0.2) is 16.7 Å². The van der Waals surface area contributed by atoms with Crippen molar-refractivity contribution in [3.05, 3.63) is 22.3 Å². The smallest absolute Gasteiger partial charge is 0.133 e. The summed E-state index contributed by atoms with van der Waals surface area (Å²) in [6, 6.07) is 2.70. The van der Waals surface area contributed by atoms with Gasteiger partial charge in [0, 0.05) is 35.4 Å². The van der Waals surface area contributed by atoms with Crippen LogP contribution in [0.1, 0.15) is 45.6 Å². The summed E-state index contributed by atoms with van der Waals surface area (Å²) in [7, 11) is 0. The summed E-state index contributed by atoms with van der Waals surface area (Å²) in [6.07, 6.45) is 5.83. The van der Waals surface area contributed by atoms with Crippen LogP contribution in [0.4, 0.5) is 5.82 Å². The first-order valence-electron chi connectivity index (χ1n) is 7.73. The number of nitrogens with zero attached hydrogens (tertiary/aromatic N) is 2. The molecule has 0 radical (unpaired) electrons. The fourth-order valence-corrected chi connectivity index (χ4v) is 2.76. The molecular formula is C16H26BrN3. The number of anilines is 1. The maximum atomic E-state index is 4.70. The molecule has 1 fully saturated rings. The van der Waals surface area contributed by atoms with Gasteiger partial charge >= 0.3 is 0 Å². The van der Waals surface area contributed by atoms with Gasteiger partial charge in [0.25, 0.3) is 0 Å². The Morgan fingerprint density at radius 3 is 2.80 bits per heavy atom. The first kappa shape index (κ1) is 15.8. The highest BCUT2D eigenvalue weighted by molar-refractivity contribution is 9.10. The first-order chi connectivity index (χ1) is 9.61. The molecule has 112 valence electrons. The summed E-state index contributed by atoms with van der Waals surface area (Å²) in [4.78, 5) is 7.16. The molecule has 20 heavy (non-hydrogen) atoms. The minimum Gasteiger partial charge on any atom is -0.354 e. The Morgan fingerprint density at radius 2 is 2.20 bits per heavy atom. The predicted molar refractivity (Wildman–Crippen MR) is 89.1 cm³/mol. The summed E-state index contributed by atoms with van der Waals surface area (Å²) in [5.41, 5.74) is 1.29. The molecule has 0 spiro atoms. The van der Waals surface area contributed by atoms with Crippen molar-refractivity contribution in [2.45, 2.75) is 52.6 Å². The van der Waals surface area contributed by atoms with Crippen LogP contribution >= 0.6 is 15.9 Å². The fraction of sp³-hybridized carbons (Fsp3) is 0.688. The van der Waals surface area contributed by atoms with Crippen molar-refractivity contribution in [2.75, 3.05) is 18.0 Å². The third kappa shape index (κ3) is 4.45. The standard InChI is InChI=1S/C16H26BrN3/c1-4-7-18-9-14-8-15(17)10-19-16(14)20(12(2)3)11-13-5-6-13/h8,10,12-13,18H,4-7,9,11H2,1-3H3. The molecule has 1 N–H and O–H groups in total. The second kappa shape index (κ2) is 7.41. The van der Waals surface area contributed by atoms with E-state index in [1.54, 1.807) is 0 Å². The van der Waals surface area contributed by atoms with Crippen molar-refractivity contribution in [2.24, 2.45) is 5.92 Å². The number of nitrogens with one attached hydrogen (secondary N) is 1. The Balaban J connectivity index is 2.17. The van der Waals surface area contributed by atoms with Gasteiger partial charge in [0.2, 0.25) is 0 Å². The highest BCUT2D eigenvalue weighted by Gasteiger charge is 2.27. The average molecular weight is 340 g/mol. The Kier molecular flexibility index (Phi) is 5.85. The van der Waals surface area contributed by atoms with Gasteiger partial charge < -0.3 is 10.2 Å². The van der Waals surface area contributed by atoms with E-state index in [1.165, 1.54) is 18.4 Å². The van der Waals surface area contributed by atoms with Crippen molar-refractivity contribution < 1.29 is 0 Å². The van der Waals surface area contributed by atoms with Crippen LogP contribution in [-0.4, -0.2) is 24.1 Å². The number of hydrogen-bond donors (Lipinski definition) is 1. The molecule has 3 nitrogen and oxygen atoms in total. The molecule has 0 amide bonds. The topological polar surface area (TPSA) is 28.2 Å². The molecule has 1 heterocycles. The summed E-state index contributed by atoms with van der Waals surface area (Å²) < 4.78 is 1.06. The largest absolute Gasteiger partial charge is 0.354 e. The SMILES string of the molecule is CCCNCc1cc(Br)cnc1N(CC1CC1)C(C)C. The van der Waals surface area contributed by atoms with Gasteiger partial charge in [0.05, 0.1) is 0 Å². The summed E-state index contributed by atoms with van der Waals surface area (Å²) >= 11 is 3.55. The van der Waals surface area contributed by atoms with Gasteiger partial charge in [-0.3, -0.25) is 0 Å². The Bertz CT molecular complexity index is 430. The zero-order chi connectivity index (χ0) is 14.5. The minimum atomic E-state index is 0.495. The molecular weight excluding hydrogens is 314 g/mol. The lowest BCUT2D eigenvalue weighted by atomic mass is 10.2. The van der Waals surface area contributed by atoms with Crippen LogP contribution in [0, 0.1) is 5.92 Å². The molecule has 1 saturated carbocycles. The van der Waals surface area contributed by atoms with E-state index in [4.69, 9.17) is 4.98 Å². The maximum absolute atomic E-state index is 4.70. The van der Waals surface area contributed by atoms with E-state index in [0.717, 1.165) is 42.3 Å². The summed E-state index contributed by atoms with van der Waals surface area (Å²) in [6.45, 7) is 9.80. The quantitative estimate of drug-likeness (QED) is 0.726. The van der Waals surface area contributed by atoms with Gasteiger partial charge in [-0.2, -0.15) is 0 Å². The van der Waals surface area contributed by atoms with Crippen molar-refractivity contribution in [3.63, 3.8) is 0 Å². The van der Waals surface area contributed by atoms with E-state index >= 15 is 0 Å². The summed E-state index contributed by atoms with van der Waals surface area (Å²) in [5.74, 6) is 2.03. The van der Waals surface area contributed by atoms with Gasteiger partial charge in [-0.15, -0.1) is 0 Å². The zero-order valence-electron chi connectivity index (χ0n) is 12.8. The van der Waals surface area contributed by atoms with Crippen molar-refractivity contribution in [1.82, 2.24) is 10.3 Å². The number of pyridine rings is 1. The van der Waals surface area contributed by atoms with E-state index in [-0.39, 0.29) is 0 Å². The molecule has 1 aromatic heterocycles. The molecule has 4 heteroatoms. The lowest BCUT2D eigenvalue weighted by molar-refractivity contribution is 0.623. The third-order valence-electron chi connectivity index (χ3n) is 3.70. The molecule has 1 aromatic rings. The fourth-order valence-electron chi connectivity index (χ4n) is 2.38. The van der Waals surface area contributed by atoms with Crippen LogP contribution in [0.5, 0.6) is 0 Å². The Labute approximate surface area is 131 Å².